The average molecular weight is 605 g/mol. The van der Waals surface area contributed by atoms with Gasteiger partial charge in [0.15, 0.2) is 0 Å². The van der Waals surface area contributed by atoms with E-state index in [0.717, 1.165) is 0 Å². The van der Waals surface area contributed by atoms with Gasteiger partial charge in [-0.15, -0.1) is 0 Å². The van der Waals surface area contributed by atoms with Crippen molar-refractivity contribution in [3.05, 3.63) is 0 Å². The zero-order valence-corrected chi connectivity index (χ0v) is 25.2. The second kappa shape index (κ2) is 20.0. The standard InChI is InChI=1S/C26H48N6O8S/c1-14(2)11-18(24(37)31-19(12-15(3)4)25(38)32-20(13-41)26(39)40)30-23(36)17(7-5-6-10-27)29-22(35)16(28)8-9-21(33)34/h14-20,41H,5-13,27-28H2,1-4H3,(H,29,35)(H,30,36)(H,31,37)(H,32,38)(H,33,34)(H,39,40)/t16-,17-,18-,19-,20-/m0/s1. The van der Waals surface area contributed by atoms with Crippen LogP contribution in [0.2, 0.25) is 0 Å². The van der Waals surface area contributed by atoms with E-state index < -0.39 is 65.8 Å². The summed E-state index contributed by atoms with van der Waals surface area (Å²) in [5.41, 5.74) is 11.4. The molecule has 236 valence electrons. The molecule has 0 aliphatic heterocycles. The molecule has 0 spiro atoms. The first-order valence-electron chi connectivity index (χ1n) is 13.8. The minimum absolute atomic E-state index is 0.0315. The van der Waals surface area contributed by atoms with Crippen LogP contribution < -0.4 is 32.7 Å². The van der Waals surface area contributed by atoms with Gasteiger partial charge >= 0.3 is 11.9 Å². The molecule has 0 aromatic rings. The lowest BCUT2D eigenvalue weighted by Gasteiger charge is -2.27. The van der Waals surface area contributed by atoms with Crippen LogP contribution in [0.5, 0.6) is 0 Å². The molecule has 15 heteroatoms. The third kappa shape index (κ3) is 16.2. The maximum atomic E-state index is 13.3. The Morgan fingerprint density at radius 1 is 0.683 bits per heavy atom. The largest absolute Gasteiger partial charge is 0.481 e. The lowest BCUT2D eigenvalue weighted by Crippen LogP contribution is -2.59. The molecule has 0 aromatic heterocycles. The second-order valence-corrected chi connectivity index (χ2v) is 11.2. The Bertz CT molecular complexity index is 888. The molecule has 0 fully saturated rings. The maximum Gasteiger partial charge on any atom is 0.327 e. The smallest absolute Gasteiger partial charge is 0.327 e. The van der Waals surface area contributed by atoms with Crippen molar-refractivity contribution < 1.29 is 39.0 Å². The van der Waals surface area contributed by atoms with E-state index in [9.17, 15) is 33.9 Å². The van der Waals surface area contributed by atoms with Gasteiger partial charge in [0.1, 0.15) is 24.2 Å². The summed E-state index contributed by atoms with van der Waals surface area (Å²) < 4.78 is 0. The summed E-state index contributed by atoms with van der Waals surface area (Å²) in [5, 5.41) is 28.3. The fourth-order valence-corrected chi connectivity index (χ4v) is 4.11. The first-order chi connectivity index (χ1) is 19.1. The predicted octanol–water partition coefficient (Wildman–Crippen LogP) is -0.647. The van der Waals surface area contributed by atoms with Gasteiger partial charge in [0.25, 0.3) is 0 Å². The first-order valence-corrected chi connectivity index (χ1v) is 14.5. The Balaban J connectivity index is 5.79. The molecule has 0 heterocycles. The molecule has 0 saturated heterocycles. The molecule has 0 rings (SSSR count). The van der Waals surface area contributed by atoms with Crippen LogP contribution in [0.25, 0.3) is 0 Å². The highest BCUT2D eigenvalue weighted by Gasteiger charge is 2.32. The molecule has 0 aliphatic rings. The number of aliphatic carboxylic acids is 2. The summed E-state index contributed by atoms with van der Waals surface area (Å²) in [7, 11) is 0. The number of amides is 4. The molecule has 4 amide bonds. The maximum absolute atomic E-state index is 13.3. The van der Waals surface area contributed by atoms with Crippen LogP contribution in [0.4, 0.5) is 0 Å². The highest BCUT2D eigenvalue weighted by molar-refractivity contribution is 7.80. The Morgan fingerprint density at radius 2 is 1.12 bits per heavy atom. The molecule has 10 N–H and O–H groups in total. The lowest BCUT2D eigenvalue weighted by atomic mass is 9.99. The van der Waals surface area contributed by atoms with Gasteiger partial charge in [-0.2, -0.15) is 12.6 Å². The van der Waals surface area contributed by atoms with Gasteiger partial charge in [0.2, 0.25) is 23.6 Å². The summed E-state index contributed by atoms with van der Waals surface area (Å²) in [5.74, 6) is -5.27. The number of nitrogens with one attached hydrogen (secondary N) is 4. The van der Waals surface area contributed by atoms with Gasteiger partial charge in [-0.05, 0) is 56.9 Å². The van der Waals surface area contributed by atoms with Crippen LogP contribution in [0.3, 0.4) is 0 Å². The van der Waals surface area contributed by atoms with E-state index in [1.54, 1.807) is 0 Å². The summed E-state index contributed by atoms with van der Waals surface area (Å²) in [6, 6.07) is -5.59. The van der Waals surface area contributed by atoms with Crippen LogP contribution in [0.1, 0.15) is 72.6 Å². The molecule has 5 atom stereocenters. The number of thiol groups is 1. The van der Waals surface area contributed by atoms with Gasteiger partial charge < -0.3 is 42.9 Å². The fraction of sp³-hybridized carbons (Fsp3) is 0.769. The van der Waals surface area contributed by atoms with Gasteiger partial charge in [-0.1, -0.05) is 27.7 Å². The van der Waals surface area contributed by atoms with E-state index in [2.05, 4.69) is 33.9 Å². The van der Waals surface area contributed by atoms with Gasteiger partial charge in [0.05, 0.1) is 6.04 Å². The highest BCUT2D eigenvalue weighted by Crippen LogP contribution is 2.11. The Hall–Kier alpha value is -2.91. The Kier molecular flexibility index (Phi) is 18.6. The van der Waals surface area contributed by atoms with Crippen molar-refractivity contribution in [2.75, 3.05) is 12.3 Å². The summed E-state index contributed by atoms with van der Waals surface area (Å²) >= 11 is 3.95. The van der Waals surface area contributed by atoms with Crippen LogP contribution in [-0.4, -0.2) is 88.3 Å². The SMILES string of the molecule is CC(C)C[C@H](NC(=O)[C@H](CC(C)C)NC(=O)[C@H](CCCCN)NC(=O)[C@@H](N)CCC(=O)O)C(=O)N[C@@H](CS)C(=O)O. The number of rotatable bonds is 21. The number of carbonyl (C=O) groups is 6. The fourth-order valence-electron chi connectivity index (χ4n) is 3.86. The third-order valence-electron chi connectivity index (χ3n) is 6.06. The Labute approximate surface area is 246 Å². The highest BCUT2D eigenvalue weighted by atomic mass is 32.1. The van der Waals surface area contributed by atoms with Crippen molar-refractivity contribution in [1.82, 2.24) is 21.3 Å². The molecule has 0 aliphatic carbocycles. The van der Waals surface area contributed by atoms with Crippen LogP contribution in [0.15, 0.2) is 0 Å². The minimum atomic E-state index is -1.27. The number of hydrogen-bond acceptors (Lipinski definition) is 9. The summed E-state index contributed by atoms with van der Waals surface area (Å²) in [4.78, 5) is 74.3. The quantitative estimate of drug-likeness (QED) is 0.0592. The minimum Gasteiger partial charge on any atom is -0.481 e. The number of hydrogen-bond donors (Lipinski definition) is 9. The van der Waals surface area contributed by atoms with E-state index in [0.29, 0.717) is 19.4 Å². The van der Waals surface area contributed by atoms with Crippen LogP contribution in [-0.2, 0) is 28.8 Å². The first kappa shape index (κ1) is 38.1. The average Bonchev–Trinajstić information content (AvgIpc) is 2.87. The number of carboxylic acid groups (broad SMARTS) is 2. The van der Waals surface area contributed by atoms with Crippen molar-refractivity contribution in [3.8, 4) is 0 Å². The molecule has 41 heavy (non-hydrogen) atoms. The number of carboxylic acids is 2. The van der Waals surface area contributed by atoms with Crippen molar-refractivity contribution in [2.45, 2.75) is 103 Å². The zero-order chi connectivity index (χ0) is 31.7. The predicted molar refractivity (Wildman–Crippen MR) is 156 cm³/mol. The Morgan fingerprint density at radius 3 is 1.51 bits per heavy atom. The molecule has 0 unspecified atom stereocenters. The van der Waals surface area contributed by atoms with E-state index in [4.69, 9.17) is 16.6 Å². The summed E-state index contributed by atoms with van der Waals surface area (Å²) in [6.07, 6.45) is 1.26. The molecule has 0 aromatic carbocycles. The summed E-state index contributed by atoms with van der Waals surface area (Å²) in [6.45, 7) is 7.73. The van der Waals surface area contributed by atoms with Gasteiger partial charge in [-0.25, -0.2) is 4.79 Å². The van der Waals surface area contributed by atoms with Gasteiger partial charge in [-0.3, -0.25) is 24.0 Å². The van der Waals surface area contributed by atoms with E-state index >= 15 is 0 Å². The van der Waals surface area contributed by atoms with Crippen molar-refractivity contribution in [3.63, 3.8) is 0 Å². The number of unbranched alkanes of at least 4 members (excludes halogenated alkanes) is 1. The molecule has 0 radical (unpaired) electrons. The van der Waals surface area contributed by atoms with Crippen molar-refractivity contribution in [2.24, 2.45) is 23.3 Å². The zero-order valence-electron chi connectivity index (χ0n) is 24.4. The molecular formula is C26H48N6O8S. The monoisotopic (exact) mass is 604 g/mol. The van der Waals surface area contributed by atoms with Crippen molar-refractivity contribution >= 4 is 48.2 Å². The van der Waals surface area contributed by atoms with Crippen LogP contribution >= 0.6 is 12.6 Å². The second-order valence-electron chi connectivity index (χ2n) is 10.8. The van der Waals surface area contributed by atoms with Gasteiger partial charge in [0, 0.05) is 12.2 Å². The van der Waals surface area contributed by atoms with E-state index in [-0.39, 0.29) is 49.7 Å². The number of nitrogens with two attached hydrogens (primary N) is 2. The third-order valence-corrected chi connectivity index (χ3v) is 6.43. The lowest BCUT2D eigenvalue weighted by molar-refractivity contribution is -0.141. The normalized spacial score (nSPS) is 14.9. The van der Waals surface area contributed by atoms with Crippen molar-refractivity contribution in [1.29, 1.82) is 0 Å². The molecular weight excluding hydrogens is 556 g/mol. The molecule has 0 saturated carbocycles. The number of carbonyl (C=O) groups excluding carboxylic acids is 4. The molecule has 0 bridgehead atoms. The van der Waals surface area contributed by atoms with Crippen LogP contribution in [0, 0.1) is 11.8 Å². The molecule has 14 nitrogen and oxygen atoms in total. The van der Waals surface area contributed by atoms with E-state index in [1.807, 2.05) is 27.7 Å². The van der Waals surface area contributed by atoms with E-state index in [1.165, 1.54) is 0 Å². The topological polar surface area (TPSA) is 243 Å².